The summed E-state index contributed by atoms with van der Waals surface area (Å²) >= 11 is 1.43. The second-order valence-electron chi connectivity index (χ2n) is 4.58. The van der Waals surface area contributed by atoms with Gasteiger partial charge in [-0.05, 0) is 35.7 Å². The minimum Gasteiger partial charge on any atom is -0.452 e. The summed E-state index contributed by atoms with van der Waals surface area (Å²) < 4.78 is 42.4. The predicted octanol–water partition coefficient (Wildman–Crippen LogP) is 3.96. The molecule has 1 aromatic heterocycles. The fourth-order valence-electron chi connectivity index (χ4n) is 1.69. The van der Waals surface area contributed by atoms with Crippen LogP contribution in [0, 0.1) is 0 Å². The van der Waals surface area contributed by atoms with E-state index in [0.29, 0.717) is 0 Å². The lowest BCUT2D eigenvalue weighted by molar-refractivity contribution is -0.142. The molecule has 0 spiro atoms. The Bertz CT molecular complexity index is 739. The maximum Gasteiger partial charge on any atom is 0.416 e. The van der Waals surface area contributed by atoms with Gasteiger partial charge in [0, 0.05) is 16.6 Å². The molecular weight excluding hydrogens is 343 g/mol. The molecule has 0 radical (unpaired) electrons. The third-order valence-electron chi connectivity index (χ3n) is 2.75. The summed E-state index contributed by atoms with van der Waals surface area (Å²) in [6, 6.07) is 7.80. The number of hydrogen-bond acceptors (Lipinski definition) is 4. The van der Waals surface area contributed by atoms with Crippen LogP contribution >= 0.6 is 11.3 Å². The zero-order valence-electron chi connectivity index (χ0n) is 12.2. The van der Waals surface area contributed by atoms with Crippen LogP contribution in [-0.4, -0.2) is 18.5 Å². The number of halogens is 3. The zero-order chi connectivity index (χ0) is 17.6. The monoisotopic (exact) mass is 355 g/mol. The molecule has 0 fully saturated rings. The summed E-state index contributed by atoms with van der Waals surface area (Å²) in [5.74, 6) is -1.45. The van der Waals surface area contributed by atoms with E-state index in [4.69, 9.17) is 4.74 Å². The molecule has 0 saturated heterocycles. The Morgan fingerprint density at radius 1 is 1.21 bits per heavy atom. The summed E-state index contributed by atoms with van der Waals surface area (Å²) in [4.78, 5) is 23.9. The Morgan fingerprint density at radius 2 is 2.00 bits per heavy atom. The molecule has 0 aliphatic carbocycles. The fraction of sp³-hybridized carbons (Fsp3) is 0.125. The van der Waals surface area contributed by atoms with Crippen molar-refractivity contribution in [2.24, 2.45) is 0 Å². The smallest absolute Gasteiger partial charge is 0.416 e. The molecule has 8 heteroatoms. The third-order valence-corrected chi connectivity index (χ3v) is 3.58. The van der Waals surface area contributed by atoms with Gasteiger partial charge in [0.25, 0.3) is 5.91 Å². The Balaban J connectivity index is 1.84. The summed E-state index contributed by atoms with van der Waals surface area (Å²) in [5, 5.41) is 4.08. The van der Waals surface area contributed by atoms with Gasteiger partial charge in [0.1, 0.15) is 0 Å². The molecule has 2 aromatic rings. The van der Waals surface area contributed by atoms with Gasteiger partial charge in [-0.25, -0.2) is 4.79 Å². The first kappa shape index (κ1) is 17.7. The lowest BCUT2D eigenvalue weighted by Crippen LogP contribution is -2.20. The number of nitrogens with one attached hydrogen (secondary N) is 1. The molecule has 0 bridgehead atoms. The zero-order valence-corrected chi connectivity index (χ0v) is 13.0. The van der Waals surface area contributed by atoms with Crippen LogP contribution < -0.4 is 5.32 Å². The number of benzene rings is 1. The largest absolute Gasteiger partial charge is 0.452 e. The first-order chi connectivity index (χ1) is 11.3. The van der Waals surface area contributed by atoms with E-state index < -0.39 is 30.2 Å². The van der Waals surface area contributed by atoms with E-state index in [-0.39, 0.29) is 5.69 Å². The average Bonchev–Trinajstić information content (AvgIpc) is 3.04. The molecule has 4 nitrogen and oxygen atoms in total. The molecule has 1 amide bonds. The Hall–Kier alpha value is -2.61. The lowest BCUT2D eigenvalue weighted by atomic mass is 10.2. The van der Waals surface area contributed by atoms with Gasteiger partial charge in [-0.2, -0.15) is 13.2 Å². The SMILES string of the molecule is O=C(COC(=O)/C=C/c1cccs1)Nc1cccc(C(F)(F)F)c1. The highest BCUT2D eigenvalue weighted by atomic mass is 32.1. The number of carbonyl (C=O) groups excluding carboxylic acids is 2. The Kier molecular flexibility index (Phi) is 5.75. The van der Waals surface area contributed by atoms with Crippen LogP contribution in [0.5, 0.6) is 0 Å². The number of esters is 1. The molecule has 24 heavy (non-hydrogen) atoms. The third kappa shape index (κ3) is 5.54. The van der Waals surface area contributed by atoms with Crippen molar-refractivity contribution in [2.45, 2.75) is 6.18 Å². The summed E-state index contributed by atoms with van der Waals surface area (Å²) in [7, 11) is 0. The molecule has 0 atom stereocenters. The Morgan fingerprint density at radius 3 is 2.67 bits per heavy atom. The number of carbonyl (C=O) groups is 2. The first-order valence-corrected chi connectivity index (χ1v) is 7.58. The van der Waals surface area contributed by atoms with Crippen molar-refractivity contribution in [1.29, 1.82) is 0 Å². The molecule has 126 valence electrons. The van der Waals surface area contributed by atoms with Gasteiger partial charge in [0.15, 0.2) is 6.61 Å². The molecule has 1 N–H and O–H groups in total. The minimum atomic E-state index is -4.50. The number of amides is 1. The maximum absolute atomic E-state index is 12.6. The number of alkyl halides is 3. The van der Waals surface area contributed by atoms with E-state index in [1.54, 1.807) is 6.07 Å². The molecule has 0 aliphatic rings. The van der Waals surface area contributed by atoms with Gasteiger partial charge < -0.3 is 10.1 Å². The maximum atomic E-state index is 12.6. The quantitative estimate of drug-likeness (QED) is 0.652. The van der Waals surface area contributed by atoms with Crippen molar-refractivity contribution in [1.82, 2.24) is 0 Å². The van der Waals surface area contributed by atoms with Crippen molar-refractivity contribution >= 4 is 35.0 Å². The van der Waals surface area contributed by atoms with Crippen molar-refractivity contribution in [2.75, 3.05) is 11.9 Å². The van der Waals surface area contributed by atoms with Crippen LogP contribution in [0.25, 0.3) is 6.08 Å². The molecular formula is C16H12F3NO3S. The fourth-order valence-corrected chi connectivity index (χ4v) is 2.31. The summed E-state index contributed by atoms with van der Waals surface area (Å²) in [6.45, 7) is -0.593. The van der Waals surface area contributed by atoms with E-state index in [1.165, 1.54) is 35.6 Å². The predicted molar refractivity (Wildman–Crippen MR) is 84.4 cm³/mol. The summed E-state index contributed by atoms with van der Waals surface area (Å²) in [5.41, 5.74) is -0.906. The van der Waals surface area contributed by atoms with Crippen LogP contribution in [-0.2, 0) is 20.5 Å². The van der Waals surface area contributed by atoms with Crippen LogP contribution in [0.2, 0.25) is 0 Å². The van der Waals surface area contributed by atoms with Crippen molar-refractivity contribution in [3.63, 3.8) is 0 Å². The molecule has 0 unspecified atom stereocenters. The van der Waals surface area contributed by atoms with Gasteiger partial charge in [-0.1, -0.05) is 12.1 Å². The van der Waals surface area contributed by atoms with Crippen molar-refractivity contribution in [3.8, 4) is 0 Å². The van der Waals surface area contributed by atoms with Crippen molar-refractivity contribution < 1.29 is 27.5 Å². The van der Waals surface area contributed by atoms with E-state index in [0.717, 1.165) is 17.0 Å². The Labute approximate surface area is 139 Å². The number of rotatable bonds is 5. The first-order valence-electron chi connectivity index (χ1n) is 6.70. The lowest BCUT2D eigenvalue weighted by Gasteiger charge is -2.09. The van der Waals surface area contributed by atoms with Crippen LogP contribution in [0.15, 0.2) is 47.9 Å². The molecule has 1 aromatic carbocycles. The molecule has 1 heterocycles. The van der Waals surface area contributed by atoms with Crippen LogP contribution in [0.1, 0.15) is 10.4 Å². The van der Waals surface area contributed by atoms with Gasteiger partial charge in [0.2, 0.25) is 0 Å². The van der Waals surface area contributed by atoms with E-state index in [9.17, 15) is 22.8 Å². The van der Waals surface area contributed by atoms with E-state index >= 15 is 0 Å². The molecule has 0 saturated carbocycles. The highest BCUT2D eigenvalue weighted by molar-refractivity contribution is 7.10. The van der Waals surface area contributed by atoms with Gasteiger partial charge in [-0.3, -0.25) is 4.79 Å². The van der Waals surface area contributed by atoms with Crippen LogP contribution in [0.4, 0.5) is 18.9 Å². The number of ether oxygens (including phenoxy) is 1. The number of hydrogen-bond donors (Lipinski definition) is 1. The standard InChI is InChI=1S/C16H12F3NO3S/c17-16(18,19)11-3-1-4-12(9-11)20-14(21)10-23-15(22)7-6-13-5-2-8-24-13/h1-9H,10H2,(H,20,21)/b7-6+. The van der Waals surface area contributed by atoms with E-state index in [1.807, 2.05) is 11.4 Å². The van der Waals surface area contributed by atoms with Gasteiger partial charge in [-0.15, -0.1) is 11.3 Å². The molecule has 2 rings (SSSR count). The normalized spacial score (nSPS) is 11.5. The second-order valence-corrected chi connectivity index (χ2v) is 5.56. The van der Waals surface area contributed by atoms with Crippen LogP contribution in [0.3, 0.4) is 0 Å². The highest BCUT2D eigenvalue weighted by Gasteiger charge is 2.30. The molecule has 0 aliphatic heterocycles. The average molecular weight is 355 g/mol. The minimum absolute atomic E-state index is 0.0278. The summed E-state index contributed by atoms with van der Waals surface area (Å²) in [6.07, 6.45) is -1.79. The van der Waals surface area contributed by atoms with E-state index in [2.05, 4.69) is 5.32 Å². The number of thiophene rings is 1. The van der Waals surface area contributed by atoms with Crippen molar-refractivity contribution in [3.05, 3.63) is 58.3 Å². The van der Waals surface area contributed by atoms with Gasteiger partial charge >= 0.3 is 12.1 Å². The van der Waals surface area contributed by atoms with Gasteiger partial charge in [0.05, 0.1) is 5.56 Å². The topological polar surface area (TPSA) is 55.4 Å². The number of anilines is 1. The highest BCUT2D eigenvalue weighted by Crippen LogP contribution is 2.30. The second kappa shape index (κ2) is 7.78.